The molecule has 2 aromatic heterocycles. The molecule has 0 aliphatic rings. The summed E-state index contributed by atoms with van der Waals surface area (Å²) in [6.45, 7) is 1.94. The van der Waals surface area contributed by atoms with Crippen LogP contribution in [-0.4, -0.2) is 25.1 Å². The van der Waals surface area contributed by atoms with E-state index in [2.05, 4.69) is 15.2 Å². The first-order chi connectivity index (χ1) is 9.72. The van der Waals surface area contributed by atoms with Crippen LogP contribution in [0.5, 0.6) is 0 Å². The predicted octanol–water partition coefficient (Wildman–Crippen LogP) is 2.31. The fraction of sp³-hybridized carbons (Fsp3) is 0.214. The molecule has 102 valence electrons. The van der Waals surface area contributed by atoms with Crippen molar-refractivity contribution in [2.75, 3.05) is 0 Å². The van der Waals surface area contributed by atoms with Gasteiger partial charge >= 0.3 is 0 Å². The largest absolute Gasteiger partial charge is 0.386 e. The van der Waals surface area contributed by atoms with Crippen molar-refractivity contribution in [1.29, 1.82) is 0 Å². The number of nitrogens with zero attached hydrogens (tertiary/aromatic N) is 4. The van der Waals surface area contributed by atoms with Gasteiger partial charge in [-0.15, -0.1) is 11.3 Å². The van der Waals surface area contributed by atoms with Crippen molar-refractivity contribution in [1.82, 2.24) is 20.0 Å². The normalized spacial score (nSPS) is 12.5. The molecule has 3 rings (SSSR count). The predicted molar refractivity (Wildman–Crippen MR) is 76.9 cm³/mol. The van der Waals surface area contributed by atoms with E-state index in [0.717, 1.165) is 16.4 Å². The fourth-order valence-corrected chi connectivity index (χ4v) is 2.69. The zero-order chi connectivity index (χ0) is 13.9. The number of aliphatic hydroxyl groups excluding tert-OH is 1. The van der Waals surface area contributed by atoms with E-state index in [0.29, 0.717) is 12.1 Å². The minimum Gasteiger partial charge on any atom is -0.386 e. The first-order valence-electron chi connectivity index (χ1n) is 6.29. The molecule has 0 aliphatic heterocycles. The number of hydrogen-bond donors (Lipinski definition) is 1. The third kappa shape index (κ3) is 2.76. The lowest BCUT2D eigenvalue weighted by Crippen LogP contribution is -2.04. The Hall–Kier alpha value is -2.05. The van der Waals surface area contributed by atoms with Gasteiger partial charge in [0.1, 0.15) is 11.8 Å². The van der Waals surface area contributed by atoms with Crippen LogP contribution >= 0.6 is 11.3 Å². The van der Waals surface area contributed by atoms with Gasteiger partial charge in [-0.25, -0.2) is 4.98 Å². The Morgan fingerprint density at radius 3 is 2.80 bits per heavy atom. The third-order valence-corrected chi connectivity index (χ3v) is 3.86. The molecule has 0 fully saturated rings. The summed E-state index contributed by atoms with van der Waals surface area (Å²) in [6, 6.07) is 9.62. The highest BCUT2D eigenvalue weighted by molar-refractivity contribution is 7.09. The fourth-order valence-electron chi connectivity index (χ4n) is 1.88. The highest BCUT2D eigenvalue weighted by atomic mass is 32.1. The number of aryl methyl sites for hydroxylation is 1. The van der Waals surface area contributed by atoms with Crippen molar-refractivity contribution < 1.29 is 5.11 Å². The number of aliphatic hydroxyl groups is 1. The van der Waals surface area contributed by atoms with Crippen LogP contribution in [0.15, 0.2) is 41.9 Å². The summed E-state index contributed by atoms with van der Waals surface area (Å²) in [5, 5.41) is 21.6. The molecule has 5 nitrogen and oxygen atoms in total. The number of thiazole rings is 1. The van der Waals surface area contributed by atoms with E-state index in [1.807, 2.05) is 42.6 Å². The summed E-state index contributed by atoms with van der Waals surface area (Å²) in [5.74, 6) is 0. The lowest BCUT2D eigenvalue weighted by Gasteiger charge is -2.04. The molecule has 0 radical (unpaired) electrons. The van der Waals surface area contributed by atoms with Gasteiger partial charge in [-0.2, -0.15) is 15.0 Å². The summed E-state index contributed by atoms with van der Waals surface area (Å²) >= 11 is 1.55. The first kappa shape index (κ1) is 13.0. The number of rotatable bonds is 4. The van der Waals surface area contributed by atoms with Gasteiger partial charge in [0.15, 0.2) is 0 Å². The van der Waals surface area contributed by atoms with E-state index < -0.39 is 6.10 Å². The molecule has 0 aliphatic carbocycles. The zero-order valence-electron chi connectivity index (χ0n) is 11.0. The first-order valence-corrected chi connectivity index (χ1v) is 7.17. The van der Waals surface area contributed by atoms with Crippen LogP contribution in [0.3, 0.4) is 0 Å². The van der Waals surface area contributed by atoms with Crippen molar-refractivity contribution in [3.05, 3.63) is 58.3 Å². The lowest BCUT2D eigenvalue weighted by molar-refractivity contribution is 0.173. The van der Waals surface area contributed by atoms with Crippen molar-refractivity contribution in [3.63, 3.8) is 0 Å². The molecule has 20 heavy (non-hydrogen) atoms. The minimum atomic E-state index is -0.682. The average Bonchev–Trinajstić information content (AvgIpc) is 3.09. The zero-order valence-corrected chi connectivity index (χ0v) is 11.8. The van der Waals surface area contributed by atoms with Crippen molar-refractivity contribution in [2.45, 2.75) is 19.4 Å². The Labute approximate surface area is 120 Å². The molecule has 3 aromatic rings. The Morgan fingerprint density at radius 1 is 1.30 bits per heavy atom. The van der Waals surface area contributed by atoms with Crippen LogP contribution in [0.1, 0.15) is 22.5 Å². The third-order valence-electron chi connectivity index (χ3n) is 2.87. The van der Waals surface area contributed by atoms with Crippen LogP contribution < -0.4 is 0 Å². The monoisotopic (exact) mass is 286 g/mol. The molecule has 1 atom stereocenters. The number of benzene rings is 1. The molecule has 0 saturated carbocycles. The maximum absolute atomic E-state index is 10.2. The van der Waals surface area contributed by atoms with Gasteiger partial charge in [0.2, 0.25) is 0 Å². The molecule has 6 heteroatoms. The lowest BCUT2D eigenvalue weighted by atomic mass is 10.2. The summed E-state index contributed by atoms with van der Waals surface area (Å²) < 4.78 is 0. The van der Waals surface area contributed by atoms with Gasteiger partial charge in [-0.3, -0.25) is 0 Å². The molecule has 2 heterocycles. The van der Waals surface area contributed by atoms with E-state index in [1.165, 1.54) is 4.80 Å². The van der Waals surface area contributed by atoms with Gasteiger partial charge in [0.25, 0.3) is 0 Å². The summed E-state index contributed by atoms with van der Waals surface area (Å²) in [7, 11) is 0. The molecular weight excluding hydrogens is 272 g/mol. The molecule has 1 aromatic carbocycles. The molecule has 1 N–H and O–H groups in total. The summed E-state index contributed by atoms with van der Waals surface area (Å²) in [4.78, 5) is 5.86. The van der Waals surface area contributed by atoms with Gasteiger partial charge < -0.3 is 5.11 Å². The Bertz CT molecular complexity index is 692. The molecule has 1 unspecified atom stereocenters. The second kappa shape index (κ2) is 5.52. The second-order valence-electron chi connectivity index (χ2n) is 4.50. The van der Waals surface area contributed by atoms with E-state index in [9.17, 15) is 5.11 Å². The van der Waals surface area contributed by atoms with Crippen LogP contribution in [0.25, 0.3) is 5.69 Å². The van der Waals surface area contributed by atoms with Gasteiger partial charge in [-0.05, 0) is 19.1 Å². The standard InChI is InChI=1S/C14H14N4OS/c1-10-9-20-14(16-10)7-13(19)12-8-15-18(17-12)11-5-3-2-4-6-11/h2-6,8-9,13,19H,7H2,1H3. The Balaban J connectivity index is 1.76. The summed E-state index contributed by atoms with van der Waals surface area (Å²) in [6.07, 6.45) is 1.38. The average molecular weight is 286 g/mol. The SMILES string of the molecule is Cc1csc(CC(O)c2cnn(-c3ccccc3)n2)n1. The van der Waals surface area contributed by atoms with Crippen LogP contribution in [-0.2, 0) is 6.42 Å². The maximum Gasteiger partial charge on any atom is 0.112 e. The number of para-hydroxylation sites is 1. The summed E-state index contributed by atoms with van der Waals surface area (Å²) in [5.41, 5.74) is 2.41. The minimum absolute atomic E-state index is 0.464. The van der Waals surface area contributed by atoms with E-state index >= 15 is 0 Å². The molecular formula is C14H14N4OS. The van der Waals surface area contributed by atoms with Crippen molar-refractivity contribution >= 4 is 11.3 Å². The highest BCUT2D eigenvalue weighted by Crippen LogP contribution is 2.19. The van der Waals surface area contributed by atoms with Crippen LogP contribution in [0.2, 0.25) is 0 Å². The number of aromatic nitrogens is 4. The Kier molecular flexibility index (Phi) is 3.58. The van der Waals surface area contributed by atoms with Gasteiger partial charge in [0, 0.05) is 17.5 Å². The van der Waals surface area contributed by atoms with E-state index in [-0.39, 0.29) is 0 Å². The molecule has 0 spiro atoms. The van der Waals surface area contributed by atoms with Crippen molar-refractivity contribution in [2.24, 2.45) is 0 Å². The Morgan fingerprint density at radius 2 is 2.10 bits per heavy atom. The quantitative estimate of drug-likeness (QED) is 0.799. The molecule has 0 bridgehead atoms. The molecule has 0 amide bonds. The topological polar surface area (TPSA) is 63.8 Å². The maximum atomic E-state index is 10.2. The van der Waals surface area contributed by atoms with Crippen LogP contribution in [0, 0.1) is 6.92 Å². The van der Waals surface area contributed by atoms with Crippen molar-refractivity contribution in [3.8, 4) is 5.69 Å². The van der Waals surface area contributed by atoms with Crippen LogP contribution in [0.4, 0.5) is 0 Å². The van der Waals surface area contributed by atoms with E-state index in [4.69, 9.17) is 0 Å². The highest BCUT2D eigenvalue weighted by Gasteiger charge is 2.15. The smallest absolute Gasteiger partial charge is 0.112 e. The van der Waals surface area contributed by atoms with Gasteiger partial charge in [0.05, 0.1) is 16.9 Å². The second-order valence-corrected chi connectivity index (χ2v) is 5.44. The number of hydrogen-bond acceptors (Lipinski definition) is 5. The molecule has 0 saturated heterocycles. The van der Waals surface area contributed by atoms with E-state index in [1.54, 1.807) is 17.5 Å². The van der Waals surface area contributed by atoms with Gasteiger partial charge in [-0.1, -0.05) is 18.2 Å².